The molecule has 3 aromatic heterocycles. The van der Waals surface area contributed by atoms with E-state index in [1.165, 1.54) is 43.4 Å². The minimum atomic E-state index is -3.93. The van der Waals surface area contributed by atoms with Crippen LogP contribution < -0.4 is 4.72 Å². The van der Waals surface area contributed by atoms with Gasteiger partial charge in [-0.15, -0.1) is 0 Å². The van der Waals surface area contributed by atoms with Crippen molar-refractivity contribution in [1.82, 2.24) is 24.5 Å². The lowest BCUT2D eigenvalue weighted by atomic mass is 10.00. The van der Waals surface area contributed by atoms with Gasteiger partial charge in [0.15, 0.2) is 11.5 Å². The number of para-hydroxylation sites is 1. The number of methoxy groups -OCH3 is 1. The summed E-state index contributed by atoms with van der Waals surface area (Å²) < 4.78 is 51.1. The number of hydrogen-bond donors (Lipinski definition) is 1. The number of alkyl halides is 1. The topological polar surface area (TPSA) is 104 Å². The van der Waals surface area contributed by atoms with E-state index in [9.17, 15) is 12.8 Å². The van der Waals surface area contributed by atoms with Crippen molar-refractivity contribution < 1.29 is 17.5 Å². The second kappa shape index (κ2) is 7.75. The van der Waals surface area contributed by atoms with Gasteiger partial charge in [0.1, 0.15) is 4.90 Å². The highest BCUT2D eigenvalue weighted by atomic mass is 32.2. The van der Waals surface area contributed by atoms with Gasteiger partial charge < -0.3 is 4.74 Å². The van der Waals surface area contributed by atoms with E-state index in [1.807, 2.05) is 6.07 Å². The molecule has 4 aromatic rings. The van der Waals surface area contributed by atoms with E-state index < -0.39 is 15.7 Å². The number of hydrogen-bond acceptors (Lipinski definition) is 6. The Balaban J connectivity index is 1.65. The molecule has 1 atom stereocenters. The number of sulfonamides is 1. The maximum Gasteiger partial charge on any atom is 0.265 e. The Hall–Kier alpha value is -3.31. The van der Waals surface area contributed by atoms with Crippen LogP contribution in [0, 0.1) is 0 Å². The number of nitrogens with one attached hydrogen (secondary N) is 1. The van der Waals surface area contributed by atoms with E-state index in [0.717, 1.165) is 5.39 Å². The highest BCUT2D eigenvalue weighted by Crippen LogP contribution is 2.27. The molecule has 0 aliphatic heterocycles. The molecule has 0 unspecified atom stereocenters. The first kappa shape index (κ1) is 20.9. The second-order valence-electron chi connectivity index (χ2n) is 7.27. The number of pyridine rings is 1. The summed E-state index contributed by atoms with van der Waals surface area (Å²) in [5.74, 6) is 0.285. The number of nitrogens with zero attached hydrogens (tertiary/aromatic N) is 5. The third kappa shape index (κ3) is 4.01. The first-order chi connectivity index (χ1) is 14.7. The molecular weight excluding hydrogens is 423 g/mol. The van der Waals surface area contributed by atoms with Gasteiger partial charge in [0, 0.05) is 25.7 Å². The zero-order valence-electron chi connectivity index (χ0n) is 17.2. The minimum absolute atomic E-state index is 0.0567. The van der Waals surface area contributed by atoms with Gasteiger partial charge >= 0.3 is 0 Å². The van der Waals surface area contributed by atoms with Crippen molar-refractivity contribution in [3.8, 4) is 5.82 Å². The molecule has 1 N–H and O–H groups in total. The van der Waals surface area contributed by atoms with E-state index >= 15 is 0 Å². The first-order valence-corrected chi connectivity index (χ1v) is 10.8. The highest BCUT2D eigenvalue weighted by molar-refractivity contribution is 7.92. The van der Waals surface area contributed by atoms with E-state index in [0.29, 0.717) is 16.8 Å². The van der Waals surface area contributed by atoms with Crippen LogP contribution in [0.1, 0.15) is 12.5 Å². The fourth-order valence-electron chi connectivity index (χ4n) is 3.31. The molecule has 0 spiro atoms. The van der Waals surface area contributed by atoms with Crippen LogP contribution >= 0.6 is 0 Å². The summed E-state index contributed by atoms with van der Waals surface area (Å²) in [5, 5.41) is 9.07. The average Bonchev–Trinajstić information content (AvgIpc) is 3.37. The Kier molecular flexibility index (Phi) is 5.23. The van der Waals surface area contributed by atoms with Crippen LogP contribution in [0.2, 0.25) is 0 Å². The Morgan fingerprint density at radius 1 is 1.23 bits per heavy atom. The zero-order chi connectivity index (χ0) is 22.2. The Bertz CT molecular complexity index is 1350. The van der Waals surface area contributed by atoms with Crippen molar-refractivity contribution >= 4 is 26.6 Å². The van der Waals surface area contributed by atoms with Crippen molar-refractivity contribution in [1.29, 1.82) is 0 Å². The molecule has 0 aliphatic carbocycles. The third-order valence-corrected chi connectivity index (χ3v) is 6.19. The van der Waals surface area contributed by atoms with Crippen LogP contribution in [0.4, 0.5) is 10.1 Å². The molecular formula is C20H21FN6O3S. The number of ether oxygens (including phenoxy) is 1. The summed E-state index contributed by atoms with van der Waals surface area (Å²) in [4.78, 5) is 4.12. The van der Waals surface area contributed by atoms with Crippen molar-refractivity contribution in [2.45, 2.75) is 17.5 Å². The van der Waals surface area contributed by atoms with Crippen molar-refractivity contribution in [2.24, 2.45) is 7.05 Å². The van der Waals surface area contributed by atoms with Gasteiger partial charge in [0.25, 0.3) is 10.0 Å². The van der Waals surface area contributed by atoms with Gasteiger partial charge in [-0.3, -0.25) is 9.40 Å². The number of fused-ring (bicyclic) bond motifs is 1. The molecule has 4 rings (SSSR count). The van der Waals surface area contributed by atoms with Crippen LogP contribution in [-0.4, -0.2) is 46.7 Å². The number of rotatable bonds is 7. The van der Waals surface area contributed by atoms with E-state index in [4.69, 9.17) is 4.74 Å². The minimum Gasteiger partial charge on any atom is -0.381 e. The number of aromatic nitrogens is 5. The fourth-order valence-corrected chi connectivity index (χ4v) is 4.31. The quantitative estimate of drug-likeness (QED) is 0.470. The van der Waals surface area contributed by atoms with Gasteiger partial charge in [0.2, 0.25) is 0 Å². The molecule has 0 saturated heterocycles. The molecule has 31 heavy (non-hydrogen) atoms. The number of anilines is 1. The number of aryl methyl sites for hydroxylation is 1. The maximum atomic E-state index is 14.8. The van der Waals surface area contributed by atoms with Crippen molar-refractivity contribution in [2.75, 3.05) is 18.4 Å². The highest BCUT2D eigenvalue weighted by Gasteiger charge is 2.27. The molecule has 0 amide bonds. The molecule has 0 radical (unpaired) electrons. The van der Waals surface area contributed by atoms with Gasteiger partial charge in [-0.25, -0.2) is 22.5 Å². The maximum absolute atomic E-state index is 14.8. The van der Waals surface area contributed by atoms with Crippen molar-refractivity contribution in [3.05, 3.63) is 60.7 Å². The molecule has 0 bridgehead atoms. The van der Waals surface area contributed by atoms with Crippen molar-refractivity contribution in [3.63, 3.8) is 0 Å². The lowest BCUT2D eigenvalue weighted by Gasteiger charge is -2.20. The Morgan fingerprint density at radius 2 is 2.03 bits per heavy atom. The van der Waals surface area contributed by atoms with Crippen LogP contribution in [-0.2, 0) is 27.5 Å². The zero-order valence-corrected chi connectivity index (χ0v) is 18.0. The molecule has 9 nitrogen and oxygen atoms in total. The standard InChI is InChI=1S/C20H21FN6O3S/c1-20(21,13-30-3)15-7-8-22-18(9-15)27-12-16(11-24-27)31(28,29)25-17-6-4-5-14-10-23-26(2)19(14)17/h4-12,25H,13H2,1-3H3/t20-/m1/s1. The average molecular weight is 444 g/mol. The summed E-state index contributed by atoms with van der Waals surface area (Å²) in [7, 11) is -0.775. The summed E-state index contributed by atoms with van der Waals surface area (Å²) in [6, 6.07) is 8.30. The summed E-state index contributed by atoms with van der Waals surface area (Å²) in [6.07, 6.45) is 5.63. The largest absolute Gasteiger partial charge is 0.381 e. The monoisotopic (exact) mass is 444 g/mol. The number of benzene rings is 1. The molecule has 0 aliphatic rings. The third-order valence-electron chi connectivity index (χ3n) is 4.87. The van der Waals surface area contributed by atoms with Gasteiger partial charge in [-0.2, -0.15) is 10.2 Å². The second-order valence-corrected chi connectivity index (χ2v) is 8.95. The van der Waals surface area contributed by atoms with Gasteiger partial charge in [0.05, 0.1) is 36.4 Å². The number of halogens is 1. The molecule has 162 valence electrons. The fraction of sp³-hybridized carbons (Fsp3) is 0.250. The predicted octanol–water partition coefficient (Wildman–Crippen LogP) is 2.79. The lowest BCUT2D eigenvalue weighted by molar-refractivity contribution is 0.0527. The molecule has 11 heteroatoms. The van der Waals surface area contributed by atoms with Crippen LogP contribution in [0.5, 0.6) is 0 Å². The van der Waals surface area contributed by atoms with Gasteiger partial charge in [-0.05, 0) is 30.7 Å². The summed E-state index contributed by atoms with van der Waals surface area (Å²) in [6.45, 7) is 1.27. The Morgan fingerprint density at radius 3 is 2.81 bits per heavy atom. The van der Waals surface area contributed by atoms with E-state index in [-0.39, 0.29) is 17.3 Å². The SMILES string of the molecule is COC[C@@](C)(F)c1ccnc(-n2cc(S(=O)(=O)Nc3cccc4cnn(C)c34)cn2)c1. The molecule has 1 aromatic carbocycles. The van der Waals surface area contributed by atoms with Crippen LogP contribution in [0.15, 0.2) is 60.0 Å². The first-order valence-electron chi connectivity index (χ1n) is 9.34. The molecule has 3 heterocycles. The normalized spacial score (nSPS) is 13.9. The summed E-state index contributed by atoms with van der Waals surface area (Å²) >= 11 is 0. The molecule has 0 saturated carbocycles. The predicted molar refractivity (Wildman–Crippen MR) is 113 cm³/mol. The van der Waals surface area contributed by atoms with E-state index in [2.05, 4.69) is 19.9 Å². The smallest absolute Gasteiger partial charge is 0.265 e. The van der Waals surface area contributed by atoms with Gasteiger partial charge in [-0.1, -0.05) is 12.1 Å². The van der Waals surface area contributed by atoms with Crippen LogP contribution in [0.3, 0.4) is 0 Å². The lowest BCUT2D eigenvalue weighted by Crippen LogP contribution is -2.22. The van der Waals surface area contributed by atoms with Crippen LogP contribution in [0.25, 0.3) is 16.7 Å². The summed E-state index contributed by atoms with van der Waals surface area (Å²) in [5.41, 5.74) is -0.315. The molecule has 0 fully saturated rings. The Labute approximate surface area is 178 Å². The van der Waals surface area contributed by atoms with E-state index in [1.54, 1.807) is 36.1 Å².